The van der Waals surface area contributed by atoms with Crippen LogP contribution in [0.1, 0.15) is 30.5 Å². The van der Waals surface area contributed by atoms with E-state index < -0.39 is 0 Å². The van der Waals surface area contributed by atoms with Crippen molar-refractivity contribution in [1.82, 2.24) is 20.0 Å². The second kappa shape index (κ2) is 10.3. The summed E-state index contributed by atoms with van der Waals surface area (Å²) >= 11 is 0. The van der Waals surface area contributed by atoms with Gasteiger partial charge in [0.1, 0.15) is 17.5 Å². The summed E-state index contributed by atoms with van der Waals surface area (Å²) in [6.07, 6.45) is 3.81. The SMILES string of the molecule is CN=C(NCCCc1nn(-c2ccccc2)c(N)c1C#N)N1CCC2(CCOC2)C1.I. The van der Waals surface area contributed by atoms with E-state index in [2.05, 4.69) is 26.4 Å². The Morgan fingerprint density at radius 1 is 1.35 bits per heavy atom. The Morgan fingerprint density at radius 2 is 2.16 bits per heavy atom. The number of nitrogens with two attached hydrogens (primary N) is 1. The first-order valence-electron chi connectivity index (χ1n) is 10.5. The molecule has 1 unspecified atom stereocenters. The van der Waals surface area contributed by atoms with Gasteiger partial charge in [-0.1, -0.05) is 18.2 Å². The topological polar surface area (TPSA) is 104 Å². The molecule has 2 aromatic rings. The van der Waals surface area contributed by atoms with E-state index in [1.54, 1.807) is 4.68 Å². The summed E-state index contributed by atoms with van der Waals surface area (Å²) < 4.78 is 7.27. The zero-order valence-electron chi connectivity index (χ0n) is 17.9. The van der Waals surface area contributed by atoms with Crippen LogP contribution in [0.3, 0.4) is 0 Å². The van der Waals surface area contributed by atoms with E-state index in [0.29, 0.717) is 23.2 Å². The minimum atomic E-state index is 0. The molecule has 0 radical (unpaired) electrons. The molecule has 3 N–H and O–H groups in total. The minimum absolute atomic E-state index is 0. The summed E-state index contributed by atoms with van der Waals surface area (Å²) in [6, 6.07) is 11.9. The molecule has 9 heteroatoms. The molecule has 1 aromatic heterocycles. The van der Waals surface area contributed by atoms with Gasteiger partial charge in [0.25, 0.3) is 0 Å². The lowest BCUT2D eigenvalue weighted by molar-refractivity contribution is 0.156. The predicted molar refractivity (Wildman–Crippen MR) is 132 cm³/mol. The molecule has 0 aliphatic carbocycles. The standard InChI is InChI=1S/C22H29N7O.HI/c1-25-21(28-12-9-22(15-28)10-13-30-16-22)26-11-5-8-19-18(14-23)20(24)29(27-19)17-6-3-2-4-7-17;/h2-4,6-7H,5,8-13,15-16,24H2,1H3,(H,25,26);1H. The Bertz CT molecular complexity index is 945. The Balaban J connectivity index is 0.00000272. The molecule has 1 atom stereocenters. The number of para-hydroxylation sites is 1. The van der Waals surface area contributed by atoms with Gasteiger partial charge in [-0.05, 0) is 37.8 Å². The molecule has 166 valence electrons. The molecular weight excluding hydrogens is 505 g/mol. The van der Waals surface area contributed by atoms with E-state index in [1.165, 1.54) is 0 Å². The van der Waals surface area contributed by atoms with Crippen molar-refractivity contribution < 1.29 is 4.74 Å². The summed E-state index contributed by atoms with van der Waals surface area (Å²) in [4.78, 5) is 6.79. The number of nitrogen functional groups attached to an aromatic ring is 1. The highest BCUT2D eigenvalue weighted by atomic mass is 127. The summed E-state index contributed by atoms with van der Waals surface area (Å²) in [6.45, 7) is 4.52. The van der Waals surface area contributed by atoms with Gasteiger partial charge in [-0.15, -0.1) is 24.0 Å². The summed E-state index contributed by atoms with van der Waals surface area (Å²) in [7, 11) is 1.83. The van der Waals surface area contributed by atoms with Crippen molar-refractivity contribution in [2.45, 2.75) is 25.7 Å². The van der Waals surface area contributed by atoms with E-state index in [1.807, 2.05) is 37.4 Å². The quantitative estimate of drug-likeness (QED) is 0.264. The van der Waals surface area contributed by atoms with E-state index >= 15 is 0 Å². The number of benzene rings is 1. The maximum absolute atomic E-state index is 9.55. The van der Waals surface area contributed by atoms with Gasteiger partial charge >= 0.3 is 0 Å². The van der Waals surface area contributed by atoms with Gasteiger partial charge in [-0.25, -0.2) is 4.68 Å². The van der Waals surface area contributed by atoms with Crippen LogP contribution >= 0.6 is 24.0 Å². The Hall–Kier alpha value is -2.32. The lowest BCUT2D eigenvalue weighted by Gasteiger charge is -2.24. The third-order valence-electron chi connectivity index (χ3n) is 6.11. The van der Waals surface area contributed by atoms with E-state index in [0.717, 1.165) is 69.5 Å². The summed E-state index contributed by atoms with van der Waals surface area (Å²) in [5.41, 5.74) is 8.55. The fourth-order valence-electron chi connectivity index (χ4n) is 4.42. The number of nitriles is 1. The van der Waals surface area contributed by atoms with Crippen LogP contribution in [0.5, 0.6) is 0 Å². The first-order valence-corrected chi connectivity index (χ1v) is 10.5. The molecule has 2 aliphatic rings. The van der Waals surface area contributed by atoms with Gasteiger partial charge in [-0.3, -0.25) is 4.99 Å². The molecule has 2 fully saturated rings. The van der Waals surface area contributed by atoms with Gasteiger partial charge in [0, 0.05) is 38.7 Å². The van der Waals surface area contributed by atoms with Crippen LogP contribution in [0, 0.1) is 16.7 Å². The first-order chi connectivity index (χ1) is 14.7. The van der Waals surface area contributed by atoms with Crippen molar-refractivity contribution in [3.8, 4) is 11.8 Å². The van der Waals surface area contributed by atoms with Crippen molar-refractivity contribution in [3.05, 3.63) is 41.6 Å². The summed E-state index contributed by atoms with van der Waals surface area (Å²) in [5, 5.41) is 17.6. The number of aliphatic imine (C=N–C) groups is 1. The molecule has 1 spiro atoms. The average molecular weight is 535 g/mol. The zero-order valence-corrected chi connectivity index (χ0v) is 20.2. The number of nitrogens with zero attached hydrogens (tertiary/aromatic N) is 5. The third-order valence-corrected chi connectivity index (χ3v) is 6.11. The molecule has 3 heterocycles. The molecule has 0 saturated carbocycles. The zero-order chi connectivity index (χ0) is 21.0. The molecule has 8 nitrogen and oxygen atoms in total. The fraction of sp³-hybridized carbons (Fsp3) is 0.500. The number of anilines is 1. The highest BCUT2D eigenvalue weighted by Crippen LogP contribution is 2.38. The molecule has 2 aliphatic heterocycles. The number of ether oxygens (including phenoxy) is 1. The maximum atomic E-state index is 9.55. The van der Waals surface area contributed by atoms with E-state index in [9.17, 15) is 5.26 Å². The fourth-order valence-corrected chi connectivity index (χ4v) is 4.42. The first kappa shape index (κ1) is 23.3. The molecule has 0 amide bonds. The smallest absolute Gasteiger partial charge is 0.193 e. The normalized spacial score (nSPS) is 20.6. The predicted octanol–water partition coefficient (Wildman–Crippen LogP) is 2.56. The number of aromatic nitrogens is 2. The van der Waals surface area contributed by atoms with E-state index in [-0.39, 0.29) is 24.0 Å². The Kier molecular flexibility index (Phi) is 7.78. The minimum Gasteiger partial charge on any atom is -0.382 e. The number of nitrogens with one attached hydrogen (secondary N) is 1. The summed E-state index contributed by atoms with van der Waals surface area (Å²) in [5.74, 6) is 1.33. The van der Waals surface area contributed by atoms with Crippen LogP contribution in [0.4, 0.5) is 5.82 Å². The lowest BCUT2D eigenvalue weighted by Crippen LogP contribution is -2.41. The van der Waals surface area contributed by atoms with Crippen LogP contribution < -0.4 is 11.1 Å². The number of hydrogen-bond acceptors (Lipinski definition) is 5. The second-order valence-corrected chi connectivity index (χ2v) is 8.12. The average Bonchev–Trinajstić information content (AvgIpc) is 3.49. The molecule has 4 rings (SSSR count). The van der Waals surface area contributed by atoms with Crippen molar-refractivity contribution in [2.75, 3.05) is 45.6 Å². The van der Waals surface area contributed by atoms with Crippen molar-refractivity contribution in [2.24, 2.45) is 10.4 Å². The van der Waals surface area contributed by atoms with Crippen LogP contribution in [-0.2, 0) is 11.2 Å². The number of likely N-dealkylation sites (tertiary alicyclic amines) is 1. The van der Waals surface area contributed by atoms with Gasteiger partial charge in [0.15, 0.2) is 5.96 Å². The second-order valence-electron chi connectivity index (χ2n) is 8.12. The van der Waals surface area contributed by atoms with Crippen LogP contribution in [0.25, 0.3) is 5.69 Å². The van der Waals surface area contributed by atoms with Gasteiger partial charge < -0.3 is 20.7 Å². The lowest BCUT2D eigenvalue weighted by atomic mass is 9.87. The van der Waals surface area contributed by atoms with Crippen LogP contribution in [0.2, 0.25) is 0 Å². The maximum Gasteiger partial charge on any atom is 0.193 e. The Labute approximate surface area is 200 Å². The number of rotatable bonds is 5. The Morgan fingerprint density at radius 3 is 2.84 bits per heavy atom. The molecular formula is C22H30IN7O. The molecule has 2 saturated heterocycles. The molecule has 31 heavy (non-hydrogen) atoms. The van der Waals surface area contributed by atoms with Crippen molar-refractivity contribution in [1.29, 1.82) is 5.26 Å². The monoisotopic (exact) mass is 535 g/mol. The number of guanidine groups is 1. The van der Waals surface area contributed by atoms with Gasteiger partial charge in [0.05, 0.1) is 18.0 Å². The highest BCUT2D eigenvalue weighted by Gasteiger charge is 2.42. The van der Waals surface area contributed by atoms with Crippen molar-refractivity contribution in [3.63, 3.8) is 0 Å². The largest absolute Gasteiger partial charge is 0.382 e. The van der Waals surface area contributed by atoms with Gasteiger partial charge in [-0.2, -0.15) is 10.4 Å². The molecule has 1 aromatic carbocycles. The van der Waals surface area contributed by atoms with E-state index in [4.69, 9.17) is 10.5 Å². The van der Waals surface area contributed by atoms with Crippen LogP contribution in [-0.4, -0.2) is 60.5 Å². The van der Waals surface area contributed by atoms with Crippen LogP contribution in [0.15, 0.2) is 35.3 Å². The third kappa shape index (κ3) is 4.96. The number of hydrogen-bond donors (Lipinski definition) is 2. The number of aryl methyl sites for hydroxylation is 1. The van der Waals surface area contributed by atoms with Crippen molar-refractivity contribution >= 4 is 35.8 Å². The number of halogens is 1. The molecule has 0 bridgehead atoms. The highest BCUT2D eigenvalue weighted by molar-refractivity contribution is 14.0. The van der Waals surface area contributed by atoms with Gasteiger partial charge in [0.2, 0.25) is 0 Å².